The highest BCUT2D eigenvalue weighted by atomic mass is 35.5. The van der Waals surface area contributed by atoms with E-state index < -0.39 is 0 Å². The molecule has 1 aliphatic rings. The molecule has 0 unspecified atom stereocenters. The van der Waals surface area contributed by atoms with E-state index in [0.29, 0.717) is 22.3 Å². The van der Waals surface area contributed by atoms with Crippen LogP contribution in [-0.2, 0) is 11.3 Å². The smallest absolute Gasteiger partial charge is 0.293 e. The molecule has 26 heavy (non-hydrogen) atoms. The van der Waals surface area contributed by atoms with Crippen molar-refractivity contribution in [2.24, 2.45) is 0 Å². The average Bonchev–Trinajstić information content (AvgIpc) is 2.90. The molecular weight excluding hydrogens is 370 g/mol. The Morgan fingerprint density at radius 1 is 1.12 bits per heavy atom. The molecule has 1 heterocycles. The van der Waals surface area contributed by atoms with Gasteiger partial charge in [0, 0.05) is 5.02 Å². The lowest BCUT2D eigenvalue weighted by Gasteiger charge is -2.13. The molecule has 6 heteroatoms. The van der Waals surface area contributed by atoms with Crippen LogP contribution >= 0.6 is 23.4 Å². The lowest BCUT2D eigenvalue weighted by Crippen LogP contribution is -2.27. The second-order valence-electron chi connectivity index (χ2n) is 5.53. The normalized spacial score (nSPS) is 15.6. The Morgan fingerprint density at radius 3 is 2.54 bits per heavy atom. The van der Waals surface area contributed by atoms with Crippen molar-refractivity contribution < 1.29 is 14.3 Å². The molecule has 3 rings (SSSR count). The third kappa shape index (κ3) is 4.18. The first-order chi connectivity index (χ1) is 12.6. The van der Waals surface area contributed by atoms with Gasteiger partial charge in [-0.15, -0.1) is 0 Å². The van der Waals surface area contributed by atoms with Crippen LogP contribution in [0, 0.1) is 0 Å². The highest BCUT2D eigenvalue weighted by Gasteiger charge is 2.35. The predicted octanol–water partition coefficient (Wildman–Crippen LogP) is 5.14. The molecule has 1 fully saturated rings. The summed E-state index contributed by atoms with van der Waals surface area (Å²) < 4.78 is 5.43. The van der Waals surface area contributed by atoms with Gasteiger partial charge in [0.15, 0.2) is 0 Å². The number of thioether (sulfide) groups is 1. The largest absolute Gasteiger partial charge is 0.490 e. The molecule has 2 aromatic carbocycles. The Kier molecular flexibility index (Phi) is 5.81. The number of hydrogen-bond acceptors (Lipinski definition) is 4. The minimum atomic E-state index is -0.313. The first kappa shape index (κ1) is 18.3. The standard InChI is InChI=1S/C20H16ClNO3S/c1-2-11-25-16-9-7-14(8-10-16)12-18-19(23)22(20(24)26-18)13-15-5-3-4-6-17(15)21/h2-10,12H,1,11,13H2. The summed E-state index contributed by atoms with van der Waals surface area (Å²) in [5, 5.41) is 0.234. The van der Waals surface area contributed by atoms with Crippen LogP contribution < -0.4 is 4.74 Å². The van der Waals surface area contributed by atoms with E-state index in [2.05, 4.69) is 6.58 Å². The number of carbonyl (C=O) groups is 2. The highest BCUT2D eigenvalue weighted by Crippen LogP contribution is 2.34. The lowest BCUT2D eigenvalue weighted by atomic mass is 10.2. The molecule has 132 valence electrons. The summed E-state index contributed by atoms with van der Waals surface area (Å²) in [7, 11) is 0. The fraction of sp³-hybridized carbons (Fsp3) is 0.100. The molecular formula is C20H16ClNO3S. The van der Waals surface area contributed by atoms with Crippen LogP contribution in [0.2, 0.25) is 5.02 Å². The zero-order valence-corrected chi connectivity index (χ0v) is 15.4. The Hall–Kier alpha value is -2.50. The third-order valence-electron chi connectivity index (χ3n) is 3.71. The van der Waals surface area contributed by atoms with Gasteiger partial charge in [-0.2, -0.15) is 0 Å². The Labute approximate surface area is 161 Å². The van der Waals surface area contributed by atoms with E-state index in [1.807, 2.05) is 36.4 Å². The molecule has 2 amide bonds. The van der Waals surface area contributed by atoms with Gasteiger partial charge in [-0.1, -0.05) is 54.6 Å². The van der Waals surface area contributed by atoms with E-state index in [1.54, 1.807) is 24.3 Å². The van der Waals surface area contributed by atoms with Crippen molar-refractivity contribution >= 4 is 40.6 Å². The summed E-state index contributed by atoms with van der Waals surface area (Å²) in [4.78, 5) is 26.4. The Bertz CT molecular complexity index is 877. The minimum absolute atomic E-state index is 0.163. The van der Waals surface area contributed by atoms with E-state index >= 15 is 0 Å². The second-order valence-corrected chi connectivity index (χ2v) is 6.93. The number of halogens is 1. The van der Waals surface area contributed by atoms with Gasteiger partial charge in [-0.05, 0) is 47.2 Å². The van der Waals surface area contributed by atoms with Crippen LogP contribution in [0.5, 0.6) is 5.75 Å². The molecule has 0 radical (unpaired) electrons. The molecule has 0 spiro atoms. The molecule has 1 saturated heterocycles. The number of ether oxygens (including phenoxy) is 1. The van der Waals surface area contributed by atoms with Gasteiger partial charge in [-0.25, -0.2) is 0 Å². The number of hydrogen-bond donors (Lipinski definition) is 0. The molecule has 0 atom stereocenters. The zero-order valence-electron chi connectivity index (χ0n) is 13.9. The lowest BCUT2D eigenvalue weighted by molar-refractivity contribution is -0.123. The molecule has 0 bridgehead atoms. The van der Waals surface area contributed by atoms with Crippen LogP contribution in [0.1, 0.15) is 11.1 Å². The third-order valence-corrected chi connectivity index (χ3v) is 4.98. The fourth-order valence-corrected chi connectivity index (χ4v) is 3.43. The summed E-state index contributed by atoms with van der Waals surface area (Å²) in [6.45, 7) is 4.19. The molecule has 4 nitrogen and oxygen atoms in total. The van der Waals surface area contributed by atoms with Gasteiger partial charge < -0.3 is 4.74 Å². The molecule has 0 N–H and O–H groups in total. The summed E-state index contributed by atoms with van der Waals surface area (Å²) in [5.74, 6) is 0.403. The molecule has 0 aliphatic carbocycles. The summed E-state index contributed by atoms with van der Waals surface area (Å²) in [6.07, 6.45) is 3.37. The monoisotopic (exact) mass is 385 g/mol. The zero-order chi connectivity index (χ0) is 18.5. The van der Waals surface area contributed by atoms with E-state index in [0.717, 1.165) is 22.9 Å². The van der Waals surface area contributed by atoms with Crippen LogP contribution in [0.25, 0.3) is 6.08 Å². The van der Waals surface area contributed by atoms with E-state index in [-0.39, 0.29) is 17.7 Å². The van der Waals surface area contributed by atoms with E-state index in [9.17, 15) is 9.59 Å². The first-order valence-corrected chi connectivity index (χ1v) is 9.10. The Balaban J connectivity index is 1.74. The van der Waals surface area contributed by atoms with Crippen LogP contribution in [0.15, 0.2) is 66.1 Å². The van der Waals surface area contributed by atoms with Crippen molar-refractivity contribution in [2.75, 3.05) is 6.61 Å². The van der Waals surface area contributed by atoms with Gasteiger partial charge in [0.05, 0.1) is 11.4 Å². The predicted molar refractivity (Wildman–Crippen MR) is 105 cm³/mol. The number of carbonyl (C=O) groups excluding carboxylic acids is 2. The van der Waals surface area contributed by atoms with Crippen molar-refractivity contribution in [2.45, 2.75) is 6.54 Å². The average molecular weight is 386 g/mol. The van der Waals surface area contributed by atoms with Crippen molar-refractivity contribution in [1.29, 1.82) is 0 Å². The SMILES string of the molecule is C=CCOc1ccc(C=C2SC(=O)N(Cc3ccccc3Cl)C2=O)cc1. The Morgan fingerprint density at radius 2 is 1.85 bits per heavy atom. The van der Waals surface area contributed by atoms with Gasteiger partial charge in [0.25, 0.3) is 11.1 Å². The quantitative estimate of drug-likeness (QED) is 0.510. The van der Waals surface area contributed by atoms with Gasteiger partial charge in [0.2, 0.25) is 0 Å². The van der Waals surface area contributed by atoms with Gasteiger partial charge in [-0.3, -0.25) is 14.5 Å². The number of nitrogens with zero attached hydrogens (tertiary/aromatic N) is 1. The number of benzene rings is 2. The first-order valence-electron chi connectivity index (χ1n) is 7.91. The van der Waals surface area contributed by atoms with Crippen LogP contribution in [0.3, 0.4) is 0 Å². The van der Waals surface area contributed by atoms with Crippen molar-refractivity contribution in [3.63, 3.8) is 0 Å². The van der Waals surface area contributed by atoms with E-state index in [4.69, 9.17) is 16.3 Å². The van der Waals surface area contributed by atoms with Gasteiger partial charge in [0.1, 0.15) is 12.4 Å². The minimum Gasteiger partial charge on any atom is -0.490 e. The summed E-state index contributed by atoms with van der Waals surface area (Å²) in [5.41, 5.74) is 1.56. The number of imide groups is 1. The van der Waals surface area contributed by atoms with Crippen LogP contribution in [-0.4, -0.2) is 22.7 Å². The summed E-state index contributed by atoms with van der Waals surface area (Å²) >= 11 is 7.06. The maximum absolute atomic E-state index is 12.6. The van der Waals surface area contributed by atoms with Crippen molar-refractivity contribution in [3.8, 4) is 5.75 Å². The van der Waals surface area contributed by atoms with Crippen molar-refractivity contribution in [3.05, 3.63) is 82.2 Å². The molecule has 2 aromatic rings. The highest BCUT2D eigenvalue weighted by molar-refractivity contribution is 8.18. The van der Waals surface area contributed by atoms with Gasteiger partial charge >= 0.3 is 0 Å². The molecule has 0 saturated carbocycles. The maximum Gasteiger partial charge on any atom is 0.293 e. The van der Waals surface area contributed by atoms with Crippen molar-refractivity contribution in [1.82, 2.24) is 4.90 Å². The topological polar surface area (TPSA) is 46.6 Å². The molecule has 1 aliphatic heterocycles. The number of rotatable bonds is 6. The number of amides is 2. The fourth-order valence-electron chi connectivity index (χ4n) is 2.40. The second kappa shape index (κ2) is 8.25. The maximum atomic E-state index is 12.6. The van der Waals surface area contributed by atoms with E-state index in [1.165, 1.54) is 4.90 Å². The van der Waals surface area contributed by atoms with Crippen LogP contribution in [0.4, 0.5) is 4.79 Å². The summed E-state index contributed by atoms with van der Waals surface area (Å²) in [6, 6.07) is 14.5. The molecule has 0 aromatic heterocycles.